The fourth-order valence-electron chi connectivity index (χ4n) is 3.27. The number of benzene rings is 4. The molecule has 5 nitrogen and oxygen atoms in total. The molecule has 0 unspecified atom stereocenters. The Hall–Kier alpha value is -3.38. The standard InChI is InChI=1S/C19H17ClN2.C7H6ClNO2/c20-17-9-5-14(6-10-17)12-22-13-16-8-7-15(11-21)18-3-1-2-4-19(16)18;8-5-3-4(7(9)11)1-2-6(5)10/h1-11,21-22H,12-13H2;1-3,10H,(H2,9,11). The van der Waals surface area contributed by atoms with Gasteiger partial charge in [-0.05, 0) is 57.8 Å². The van der Waals surface area contributed by atoms with Gasteiger partial charge in [0.15, 0.2) is 0 Å². The molecule has 0 radical (unpaired) electrons. The lowest BCUT2D eigenvalue weighted by Gasteiger charge is -2.10. The number of hydrogen-bond acceptors (Lipinski definition) is 4. The smallest absolute Gasteiger partial charge is 0.248 e. The number of phenols is 1. The second-order valence-corrected chi connectivity index (χ2v) is 8.11. The zero-order chi connectivity index (χ0) is 23.8. The summed E-state index contributed by atoms with van der Waals surface area (Å²) in [5.41, 5.74) is 8.65. The number of amides is 1. The molecule has 4 aromatic rings. The van der Waals surface area contributed by atoms with Crippen LogP contribution in [0.1, 0.15) is 27.0 Å². The van der Waals surface area contributed by atoms with E-state index in [9.17, 15) is 4.79 Å². The Morgan fingerprint density at radius 1 is 0.939 bits per heavy atom. The quantitative estimate of drug-likeness (QED) is 0.258. The van der Waals surface area contributed by atoms with Gasteiger partial charge in [0.05, 0.1) is 5.02 Å². The van der Waals surface area contributed by atoms with Crippen LogP contribution in [0.5, 0.6) is 5.75 Å². The fourth-order valence-corrected chi connectivity index (χ4v) is 3.58. The van der Waals surface area contributed by atoms with Crippen LogP contribution >= 0.6 is 23.2 Å². The highest BCUT2D eigenvalue weighted by Gasteiger charge is 2.05. The van der Waals surface area contributed by atoms with E-state index in [0.29, 0.717) is 0 Å². The lowest BCUT2D eigenvalue weighted by Crippen LogP contribution is -2.13. The average Bonchev–Trinajstić information content (AvgIpc) is 2.82. The lowest BCUT2D eigenvalue weighted by molar-refractivity contribution is 0.100. The van der Waals surface area contributed by atoms with E-state index >= 15 is 0 Å². The van der Waals surface area contributed by atoms with E-state index in [1.165, 1.54) is 40.9 Å². The summed E-state index contributed by atoms with van der Waals surface area (Å²) in [6.45, 7) is 1.60. The van der Waals surface area contributed by atoms with Gasteiger partial charge in [0.2, 0.25) is 5.91 Å². The Bertz CT molecular complexity index is 1270. The molecule has 0 aromatic heterocycles. The Balaban J connectivity index is 0.000000235. The van der Waals surface area contributed by atoms with Crippen LogP contribution in [-0.4, -0.2) is 17.2 Å². The van der Waals surface area contributed by atoms with E-state index < -0.39 is 5.91 Å². The van der Waals surface area contributed by atoms with Gasteiger partial charge in [0.25, 0.3) is 0 Å². The number of halogens is 2. The summed E-state index contributed by atoms with van der Waals surface area (Å²) in [5, 5.41) is 23.1. The summed E-state index contributed by atoms with van der Waals surface area (Å²) in [6.07, 6.45) is 1.41. The van der Waals surface area contributed by atoms with Crippen molar-refractivity contribution < 1.29 is 9.90 Å². The molecule has 33 heavy (non-hydrogen) atoms. The second kappa shape index (κ2) is 11.5. The topological polar surface area (TPSA) is 99.2 Å². The Morgan fingerprint density at radius 3 is 2.27 bits per heavy atom. The van der Waals surface area contributed by atoms with Crippen molar-refractivity contribution in [3.63, 3.8) is 0 Å². The van der Waals surface area contributed by atoms with Gasteiger partial charge in [-0.15, -0.1) is 0 Å². The Labute approximate surface area is 202 Å². The van der Waals surface area contributed by atoms with Crippen molar-refractivity contribution in [3.8, 4) is 5.75 Å². The molecule has 0 spiro atoms. The molecule has 0 saturated carbocycles. The van der Waals surface area contributed by atoms with E-state index in [4.69, 9.17) is 39.5 Å². The highest BCUT2D eigenvalue weighted by atomic mass is 35.5. The molecule has 0 atom stereocenters. The second-order valence-electron chi connectivity index (χ2n) is 7.26. The van der Waals surface area contributed by atoms with Crippen LogP contribution in [0.3, 0.4) is 0 Å². The predicted molar refractivity (Wildman–Crippen MR) is 135 cm³/mol. The van der Waals surface area contributed by atoms with Crippen molar-refractivity contribution in [1.82, 2.24) is 5.32 Å². The van der Waals surface area contributed by atoms with Crippen molar-refractivity contribution in [3.05, 3.63) is 111 Å². The molecule has 0 aliphatic carbocycles. The number of primary amides is 1. The minimum absolute atomic E-state index is 0.0586. The average molecular weight is 480 g/mol. The van der Waals surface area contributed by atoms with E-state index in [2.05, 4.69) is 23.5 Å². The molecule has 4 aromatic carbocycles. The Kier molecular flexibility index (Phi) is 8.44. The minimum Gasteiger partial charge on any atom is -0.506 e. The number of hydrogen-bond donors (Lipinski definition) is 4. The van der Waals surface area contributed by atoms with Crippen LogP contribution in [0.15, 0.2) is 78.9 Å². The number of phenolic OH excluding ortho intramolecular Hbond substituents is 1. The van der Waals surface area contributed by atoms with Gasteiger partial charge in [-0.1, -0.05) is 71.7 Å². The van der Waals surface area contributed by atoms with Crippen LogP contribution in [-0.2, 0) is 13.1 Å². The van der Waals surface area contributed by atoms with Crippen LogP contribution in [0.25, 0.3) is 10.8 Å². The van der Waals surface area contributed by atoms with Crippen molar-refractivity contribution >= 4 is 46.1 Å². The zero-order valence-electron chi connectivity index (χ0n) is 17.7. The third-order valence-electron chi connectivity index (χ3n) is 4.99. The summed E-state index contributed by atoms with van der Waals surface area (Å²) < 4.78 is 0. The van der Waals surface area contributed by atoms with Crippen molar-refractivity contribution in [2.75, 3.05) is 0 Å². The van der Waals surface area contributed by atoms with E-state index in [1.807, 2.05) is 42.5 Å². The van der Waals surface area contributed by atoms with Crippen LogP contribution in [0, 0.1) is 5.41 Å². The fraction of sp³-hybridized carbons (Fsp3) is 0.0769. The SMILES string of the molecule is N=Cc1ccc(CNCc2ccc(Cl)cc2)c2ccccc12.NC(=O)c1ccc(O)c(Cl)c1. The van der Waals surface area contributed by atoms with E-state index in [-0.39, 0.29) is 16.3 Å². The molecular weight excluding hydrogens is 457 g/mol. The first-order valence-corrected chi connectivity index (χ1v) is 10.9. The van der Waals surface area contributed by atoms with Gasteiger partial charge in [-0.3, -0.25) is 4.79 Å². The van der Waals surface area contributed by atoms with Gasteiger partial charge in [-0.25, -0.2) is 0 Å². The van der Waals surface area contributed by atoms with Gasteiger partial charge in [0.1, 0.15) is 5.75 Å². The van der Waals surface area contributed by atoms with Gasteiger partial charge < -0.3 is 21.6 Å². The highest BCUT2D eigenvalue weighted by molar-refractivity contribution is 6.32. The third kappa shape index (κ3) is 6.56. The Morgan fingerprint density at radius 2 is 1.64 bits per heavy atom. The highest BCUT2D eigenvalue weighted by Crippen LogP contribution is 2.23. The third-order valence-corrected chi connectivity index (χ3v) is 5.55. The van der Waals surface area contributed by atoms with Gasteiger partial charge >= 0.3 is 0 Å². The van der Waals surface area contributed by atoms with Gasteiger partial charge in [-0.2, -0.15) is 0 Å². The molecule has 0 fully saturated rings. The maximum atomic E-state index is 10.5. The molecule has 5 N–H and O–H groups in total. The molecule has 1 amide bonds. The monoisotopic (exact) mass is 479 g/mol. The summed E-state index contributed by atoms with van der Waals surface area (Å²) in [5.74, 6) is -0.622. The van der Waals surface area contributed by atoms with Crippen LogP contribution in [0.4, 0.5) is 0 Å². The summed E-state index contributed by atoms with van der Waals surface area (Å²) >= 11 is 11.4. The number of aromatic hydroxyl groups is 1. The van der Waals surface area contributed by atoms with Gasteiger partial charge in [0, 0.05) is 29.9 Å². The first-order chi connectivity index (χ1) is 15.9. The molecule has 4 rings (SSSR count). The number of nitrogens with two attached hydrogens (primary N) is 1. The van der Waals surface area contributed by atoms with Crippen LogP contribution in [0.2, 0.25) is 10.0 Å². The number of rotatable bonds is 6. The number of carbonyl (C=O) groups is 1. The zero-order valence-corrected chi connectivity index (χ0v) is 19.2. The minimum atomic E-state index is -0.563. The van der Waals surface area contributed by atoms with Crippen molar-refractivity contribution in [1.29, 1.82) is 5.41 Å². The summed E-state index contributed by atoms with van der Waals surface area (Å²) in [7, 11) is 0. The molecule has 0 aliphatic heterocycles. The molecule has 0 bridgehead atoms. The summed E-state index contributed by atoms with van der Waals surface area (Å²) in [6, 6.07) is 24.3. The van der Waals surface area contributed by atoms with E-state index in [0.717, 1.165) is 29.1 Å². The van der Waals surface area contributed by atoms with Crippen LogP contribution < -0.4 is 11.1 Å². The predicted octanol–water partition coefficient (Wildman–Crippen LogP) is 5.93. The molecule has 7 heteroatoms. The van der Waals surface area contributed by atoms with Crippen molar-refractivity contribution in [2.45, 2.75) is 13.1 Å². The first-order valence-electron chi connectivity index (χ1n) is 10.1. The maximum absolute atomic E-state index is 10.5. The molecule has 168 valence electrons. The molecule has 0 saturated heterocycles. The van der Waals surface area contributed by atoms with Crippen molar-refractivity contribution in [2.24, 2.45) is 5.73 Å². The number of nitrogens with one attached hydrogen (secondary N) is 2. The summed E-state index contributed by atoms with van der Waals surface area (Å²) in [4.78, 5) is 10.5. The lowest BCUT2D eigenvalue weighted by atomic mass is 10.00. The maximum Gasteiger partial charge on any atom is 0.248 e. The molecule has 0 heterocycles. The molecule has 0 aliphatic rings. The first kappa shape index (κ1) is 24.3. The molecular formula is C26H23Cl2N3O2. The number of carbonyl (C=O) groups excluding carboxylic acids is 1. The number of fused-ring (bicyclic) bond motifs is 1. The largest absolute Gasteiger partial charge is 0.506 e. The normalized spacial score (nSPS) is 10.4. The van der Waals surface area contributed by atoms with E-state index in [1.54, 1.807) is 0 Å².